The predicted octanol–water partition coefficient (Wildman–Crippen LogP) is 2.22. The SMILES string of the molecule is COCCOc1ccc(-c2cnn([C@H](C)C(=O)O)c2)cc1. The van der Waals surface area contributed by atoms with E-state index in [9.17, 15) is 4.79 Å². The van der Waals surface area contributed by atoms with Crippen LogP contribution in [0.1, 0.15) is 13.0 Å². The van der Waals surface area contributed by atoms with Gasteiger partial charge in [-0.3, -0.25) is 4.68 Å². The van der Waals surface area contributed by atoms with Gasteiger partial charge < -0.3 is 14.6 Å². The van der Waals surface area contributed by atoms with Crippen molar-refractivity contribution in [2.45, 2.75) is 13.0 Å². The third-order valence-electron chi connectivity index (χ3n) is 3.10. The van der Waals surface area contributed by atoms with Crippen molar-refractivity contribution in [1.29, 1.82) is 0 Å². The van der Waals surface area contributed by atoms with Crippen LogP contribution >= 0.6 is 0 Å². The van der Waals surface area contributed by atoms with Crippen LogP contribution in [0.3, 0.4) is 0 Å². The number of rotatable bonds is 7. The van der Waals surface area contributed by atoms with Crippen LogP contribution in [0, 0.1) is 0 Å². The molecule has 2 aromatic rings. The van der Waals surface area contributed by atoms with Gasteiger partial charge in [0.05, 0.1) is 12.8 Å². The fraction of sp³-hybridized carbons (Fsp3) is 0.333. The average Bonchev–Trinajstić information content (AvgIpc) is 2.97. The van der Waals surface area contributed by atoms with Gasteiger partial charge in [-0.15, -0.1) is 0 Å². The fourth-order valence-electron chi connectivity index (χ4n) is 1.80. The highest BCUT2D eigenvalue weighted by molar-refractivity contribution is 5.71. The molecule has 0 saturated heterocycles. The summed E-state index contributed by atoms with van der Waals surface area (Å²) in [6.07, 6.45) is 3.37. The van der Waals surface area contributed by atoms with Gasteiger partial charge in [0, 0.05) is 18.9 Å². The summed E-state index contributed by atoms with van der Waals surface area (Å²) in [5.41, 5.74) is 1.82. The van der Waals surface area contributed by atoms with Gasteiger partial charge in [0.15, 0.2) is 0 Å². The molecule has 1 heterocycles. The number of carboxylic acids is 1. The molecule has 6 heteroatoms. The quantitative estimate of drug-likeness (QED) is 0.791. The summed E-state index contributed by atoms with van der Waals surface area (Å²) < 4.78 is 11.8. The van der Waals surface area contributed by atoms with Crippen molar-refractivity contribution >= 4 is 5.97 Å². The Balaban J connectivity index is 2.07. The molecule has 6 nitrogen and oxygen atoms in total. The fourth-order valence-corrected chi connectivity index (χ4v) is 1.80. The van der Waals surface area contributed by atoms with E-state index in [0.29, 0.717) is 13.2 Å². The molecule has 112 valence electrons. The van der Waals surface area contributed by atoms with Gasteiger partial charge in [-0.25, -0.2) is 4.79 Å². The molecule has 1 N–H and O–H groups in total. The van der Waals surface area contributed by atoms with E-state index in [0.717, 1.165) is 16.9 Å². The highest BCUT2D eigenvalue weighted by Crippen LogP contribution is 2.23. The minimum atomic E-state index is -0.911. The number of carboxylic acid groups (broad SMARTS) is 1. The monoisotopic (exact) mass is 290 g/mol. The number of hydrogen-bond donors (Lipinski definition) is 1. The Bertz CT molecular complexity index is 592. The standard InChI is InChI=1S/C15H18N2O4/c1-11(15(18)19)17-10-13(9-16-17)12-3-5-14(6-4-12)21-8-7-20-2/h3-6,9-11H,7-8H2,1-2H3,(H,18,19)/t11-/m1/s1. The third kappa shape index (κ3) is 3.82. The Hall–Kier alpha value is -2.34. The minimum Gasteiger partial charge on any atom is -0.491 e. The van der Waals surface area contributed by atoms with Gasteiger partial charge in [-0.05, 0) is 24.6 Å². The second-order valence-corrected chi connectivity index (χ2v) is 4.59. The van der Waals surface area contributed by atoms with Crippen LogP contribution in [0.25, 0.3) is 11.1 Å². The zero-order chi connectivity index (χ0) is 15.2. The minimum absolute atomic E-state index is 0.504. The molecule has 0 aliphatic heterocycles. The number of nitrogens with zero attached hydrogens (tertiary/aromatic N) is 2. The van der Waals surface area contributed by atoms with Crippen LogP contribution in [0.5, 0.6) is 5.75 Å². The Morgan fingerprint density at radius 3 is 2.62 bits per heavy atom. The van der Waals surface area contributed by atoms with Crippen LogP contribution in [-0.2, 0) is 9.53 Å². The molecule has 0 aliphatic carbocycles. The first-order chi connectivity index (χ1) is 10.1. The third-order valence-corrected chi connectivity index (χ3v) is 3.10. The maximum absolute atomic E-state index is 10.9. The van der Waals surface area contributed by atoms with Crippen molar-refractivity contribution in [2.24, 2.45) is 0 Å². The highest BCUT2D eigenvalue weighted by Gasteiger charge is 2.14. The number of hydrogen-bond acceptors (Lipinski definition) is 4. The zero-order valence-electron chi connectivity index (χ0n) is 12.0. The first kappa shape index (κ1) is 15.1. The summed E-state index contributed by atoms with van der Waals surface area (Å²) in [7, 11) is 1.63. The van der Waals surface area contributed by atoms with E-state index in [4.69, 9.17) is 14.6 Å². The molecule has 0 radical (unpaired) electrons. The smallest absolute Gasteiger partial charge is 0.328 e. The van der Waals surface area contributed by atoms with E-state index < -0.39 is 12.0 Å². The molecular weight excluding hydrogens is 272 g/mol. The molecule has 0 aliphatic rings. The maximum Gasteiger partial charge on any atom is 0.328 e. The van der Waals surface area contributed by atoms with E-state index in [1.807, 2.05) is 24.3 Å². The second kappa shape index (κ2) is 6.90. The van der Waals surface area contributed by atoms with Crippen LogP contribution in [0.2, 0.25) is 0 Å². The van der Waals surface area contributed by atoms with Crippen molar-refractivity contribution in [1.82, 2.24) is 9.78 Å². The molecule has 0 saturated carbocycles. The summed E-state index contributed by atoms with van der Waals surface area (Å²) >= 11 is 0. The summed E-state index contributed by atoms with van der Waals surface area (Å²) in [6.45, 7) is 2.64. The topological polar surface area (TPSA) is 73.6 Å². The molecule has 21 heavy (non-hydrogen) atoms. The Labute approximate surface area is 122 Å². The molecule has 0 amide bonds. The van der Waals surface area contributed by atoms with Gasteiger partial charge in [0.2, 0.25) is 0 Å². The molecule has 1 aromatic heterocycles. The first-order valence-corrected chi connectivity index (χ1v) is 6.61. The lowest BCUT2D eigenvalue weighted by Crippen LogP contribution is -2.15. The van der Waals surface area contributed by atoms with Crippen LogP contribution in [-0.4, -0.2) is 41.2 Å². The number of aliphatic carboxylic acids is 1. The molecule has 0 spiro atoms. The average molecular weight is 290 g/mol. The Morgan fingerprint density at radius 2 is 2.00 bits per heavy atom. The summed E-state index contributed by atoms with van der Waals surface area (Å²) in [5.74, 6) is -0.145. The van der Waals surface area contributed by atoms with Crippen molar-refractivity contribution in [2.75, 3.05) is 20.3 Å². The summed E-state index contributed by atoms with van der Waals surface area (Å²) in [5, 5.41) is 13.1. The predicted molar refractivity (Wildman–Crippen MR) is 77.4 cm³/mol. The maximum atomic E-state index is 10.9. The highest BCUT2D eigenvalue weighted by atomic mass is 16.5. The summed E-state index contributed by atoms with van der Waals surface area (Å²) in [6, 6.07) is 6.87. The molecule has 0 fully saturated rings. The van der Waals surface area contributed by atoms with E-state index >= 15 is 0 Å². The number of ether oxygens (including phenoxy) is 2. The number of methoxy groups -OCH3 is 1. The van der Waals surface area contributed by atoms with Gasteiger partial charge >= 0.3 is 5.97 Å². The molecule has 0 unspecified atom stereocenters. The van der Waals surface area contributed by atoms with Crippen molar-refractivity contribution in [3.8, 4) is 16.9 Å². The zero-order valence-corrected chi connectivity index (χ0v) is 12.0. The molecule has 1 aromatic carbocycles. The van der Waals surface area contributed by atoms with Gasteiger partial charge in [0.25, 0.3) is 0 Å². The first-order valence-electron chi connectivity index (χ1n) is 6.61. The number of benzene rings is 1. The molecule has 1 atom stereocenters. The van der Waals surface area contributed by atoms with Crippen molar-refractivity contribution in [3.63, 3.8) is 0 Å². The Morgan fingerprint density at radius 1 is 1.29 bits per heavy atom. The lowest BCUT2D eigenvalue weighted by atomic mass is 10.1. The number of carbonyl (C=O) groups is 1. The normalized spacial score (nSPS) is 12.1. The van der Waals surface area contributed by atoms with Gasteiger partial charge in [-0.2, -0.15) is 5.10 Å². The lowest BCUT2D eigenvalue weighted by Gasteiger charge is -2.06. The Kier molecular flexibility index (Phi) is 4.94. The van der Waals surface area contributed by atoms with Crippen molar-refractivity contribution < 1.29 is 19.4 Å². The summed E-state index contributed by atoms with van der Waals surface area (Å²) in [4.78, 5) is 10.9. The van der Waals surface area contributed by atoms with Gasteiger partial charge in [-0.1, -0.05) is 12.1 Å². The van der Waals surface area contributed by atoms with Crippen LogP contribution in [0.15, 0.2) is 36.7 Å². The van der Waals surface area contributed by atoms with E-state index in [2.05, 4.69) is 5.10 Å². The van der Waals surface area contributed by atoms with E-state index in [1.54, 1.807) is 26.4 Å². The largest absolute Gasteiger partial charge is 0.491 e. The molecule has 2 rings (SSSR count). The van der Waals surface area contributed by atoms with E-state index in [1.165, 1.54) is 4.68 Å². The second-order valence-electron chi connectivity index (χ2n) is 4.59. The van der Waals surface area contributed by atoms with Crippen LogP contribution in [0.4, 0.5) is 0 Å². The van der Waals surface area contributed by atoms with Gasteiger partial charge in [0.1, 0.15) is 18.4 Å². The molecule has 0 bridgehead atoms. The molecular formula is C15H18N2O4. The number of aromatic nitrogens is 2. The van der Waals surface area contributed by atoms with E-state index in [-0.39, 0.29) is 0 Å². The van der Waals surface area contributed by atoms with Crippen LogP contribution < -0.4 is 4.74 Å². The van der Waals surface area contributed by atoms with Crippen molar-refractivity contribution in [3.05, 3.63) is 36.7 Å². The lowest BCUT2D eigenvalue weighted by molar-refractivity contribution is -0.140.